The van der Waals surface area contributed by atoms with E-state index in [1.54, 1.807) is 0 Å². The van der Waals surface area contributed by atoms with Crippen LogP contribution in [0, 0.1) is 17.7 Å². The fraction of sp³-hybridized carbons (Fsp3) is 1.00. The first-order valence-corrected chi connectivity index (χ1v) is 3.57. The Morgan fingerprint density at radius 1 is 1.09 bits per heavy atom. The van der Waals surface area contributed by atoms with Gasteiger partial charge in [-0.05, 0) is 55.9 Å². The Morgan fingerprint density at radius 3 is 1.82 bits per heavy atom. The molecule has 0 nitrogen and oxygen atoms in total. The fourth-order valence-electron chi connectivity index (χ4n) is 1.27. The predicted octanol–water partition coefficient (Wildman–Crippen LogP) is 3.19. The van der Waals surface area contributed by atoms with Gasteiger partial charge < -0.3 is 0 Å². The summed E-state index contributed by atoms with van der Waals surface area (Å²) in [5, 5.41) is 0. The van der Waals surface area contributed by atoms with E-state index in [1.165, 1.54) is 0 Å². The number of hydrogen-bond donors (Lipinski definition) is 0. The van der Waals surface area contributed by atoms with E-state index in [-0.39, 0.29) is 0 Å². The summed E-state index contributed by atoms with van der Waals surface area (Å²) in [6.45, 7) is 0. The zero-order valence-corrected chi connectivity index (χ0v) is 6.13. The predicted molar refractivity (Wildman–Crippen MR) is 46.8 cm³/mol. The molecule has 11 heavy (non-hydrogen) atoms. The van der Waals surface area contributed by atoms with E-state index in [0.717, 1.165) is 0 Å². The average Bonchev–Trinajstić information content (AvgIpc) is 2.46. The van der Waals surface area contributed by atoms with Gasteiger partial charge in [-0.2, -0.15) is 0 Å². The van der Waals surface area contributed by atoms with Crippen molar-refractivity contribution >= 4 is 11.6 Å². The van der Waals surface area contributed by atoms with E-state index in [1.807, 2.05) is 0 Å². The molecule has 4 saturated carbocycles. The fourth-order valence-corrected chi connectivity index (χ4v) is 1.55. The van der Waals surface area contributed by atoms with Gasteiger partial charge in [0.05, 0.1) is 0 Å². The van der Waals surface area contributed by atoms with Gasteiger partial charge in [-0.15, -0.1) is 11.6 Å². The van der Waals surface area contributed by atoms with Crippen LogP contribution in [0.15, 0.2) is 0 Å². The maximum absolute atomic E-state index is 8.38. The molecule has 0 radical (unpaired) electrons. The lowest BCUT2D eigenvalue weighted by Gasteiger charge is -2.54. The number of hydrogen-bond acceptors (Lipinski definition) is 0. The zero-order valence-electron chi connectivity index (χ0n) is 20.4. The van der Waals surface area contributed by atoms with Crippen LogP contribution in [0.3, 0.4) is 0 Å². The van der Waals surface area contributed by atoms with Crippen LogP contribution < -0.4 is 0 Å². The minimum Gasteiger partial charge on any atom is -0.119 e. The third-order valence-electron chi connectivity index (χ3n) is 1.64. The summed E-state index contributed by atoms with van der Waals surface area (Å²) in [6, 6.07) is 0. The van der Waals surface area contributed by atoms with Crippen molar-refractivity contribution in [2.24, 2.45) is 17.7 Å². The van der Waals surface area contributed by atoms with Crippen LogP contribution in [0.2, 0.25) is 0 Å². The molecule has 4 bridgehead atoms. The summed E-state index contributed by atoms with van der Waals surface area (Å²) in [6.07, 6.45) is -22.6. The highest BCUT2D eigenvalue weighted by Crippen LogP contribution is 2.58. The molecule has 62 valence electrons. The molecule has 4 fully saturated rings. The average molecular weight is 186 g/mol. The highest BCUT2D eigenvalue weighted by atomic mass is 35.5. The molecule has 0 aromatic carbocycles. The van der Waals surface area contributed by atoms with Crippen molar-refractivity contribution in [2.45, 2.75) is 43.1 Å². The summed E-state index contributed by atoms with van der Waals surface area (Å²) in [7, 11) is 0. The molecule has 0 aliphatic heterocycles. The lowest BCUT2D eigenvalue weighted by Crippen LogP contribution is -2.47. The van der Waals surface area contributed by atoms with Gasteiger partial charge in [0, 0.05) is 25.4 Å². The first-order chi connectivity index (χ1) is 11.0. The second kappa shape index (κ2) is 1.96. The van der Waals surface area contributed by atoms with E-state index in [2.05, 4.69) is 0 Å². The molecule has 4 aliphatic rings. The summed E-state index contributed by atoms with van der Waals surface area (Å²) in [5.41, 5.74) is 0. The minimum atomic E-state index is -3.81. The molecule has 0 aromatic heterocycles. The Kier molecular flexibility index (Phi) is 0.266. The topological polar surface area (TPSA) is 0 Å². The van der Waals surface area contributed by atoms with Crippen molar-refractivity contribution < 1.29 is 20.6 Å². The second-order valence-electron chi connectivity index (χ2n) is 2.53. The second-order valence-corrected chi connectivity index (χ2v) is 3.10. The molecular weight excluding hydrogens is 156 g/mol. The van der Waals surface area contributed by atoms with Gasteiger partial charge in [0.1, 0.15) is 0 Å². The van der Waals surface area contributed by atoms with Crippen LogP contribution in [-0.4, -0.2) is 4.87 Å². The molecular formula is C10H15Cl. The van der Waals surface area contributed by atoms with E-state index in [9.17, 15) is 0 Å². The first kappa shape index (κ1) is 1.49. The third kappa shape index (κ3) is 0.950. The normalized spacial score (nSPS) is 128. The zero-order chi connectivity index (χ0) is 21.0. The largest absolute Gasteiger partial charge is 0.119 e. The number of alkyl halides is 1. The van der Waals surface area contributed by atoms with Gasteiger partial charge in [0.25, 0.3) is 0 Å². The summed E-state index contributed by atoms with van der Waals surface area (Å²) >= 11 is 6.07. The van der Waals surface area contributed by atoms with Crippen LogP contribution in [0.1, 0.15) is 58.8 Å². The molecule has 0 unspecified atom stereocenters. The van der Waals surface area contributed by atoms with E-state index in [4.69, 9.17) is 32.2 Å². The van der Waals surface area contributed by atoms with Gasteiger partial charge in [-0.1, -0.05) is 0 Å². The minimum absolute atomic E-state index is 3.57. The van der Waals surface area contributed by atoms with Crippen LogP contribution in [-0.2, 0) is 0 Å². The molecule has 4 aliphatic carbocycles. The van der Waals surface area contributed by atoms with Crippen molar-refractivity contribution in [3.8, 4) is 0 Å². The summed E-state index contributed by atoms with van der Waals surface area (Å²) in [4.78, 5) is -3.57. The summed E-state index contributed by atoms with van der Waals surface area (Å²) < 4.78 is 123. The van der Waals surface area contributed by atoms with E-state index < -0.39 is 60.8 Å². The Hall–Kier alpha value is 0.290. The van der Waals surface area contributed by atoms with E-state index in [0.29, 0.717) is 0 Å². The quantitative estimate of drug-likeness (QED) is 0.509. The monoisotopic (exact) mass is 185 g/mol. The Labute approximate surface area is 94.4 Å². The van der Waals surface area contributed by atoms with Gasteiger partial charge >= 0.3 is 0 Å². The van der Waals surface area contributed by atoms with Crippen LogP contribution in [0.25, 0.3) is 0 Å². The highest BCUT2D eigenvalue weighted by molar-refractivity contribution is 6.24. The molecule has 0 amide bonds. The molecule has 0 N–H and O–H groups in total. The maximum Gasteiger partial charge on any atom is 0.0454 e. The lowest BCUT2D eigenvalue weighted by atomic mass is 9.56. The van der Waals surface area contributed by atoms with Crippen molar-refractivity contribution in [1.29, 1.82) is 0 Å². The van der Waals surface area contributed by atoms with E-state index >= 15 is 0 Å². The molecule has 0 aromatic rings. The highest BCUT2D eigenvalue weighted by Gasteiger charge is 2.49. The van der Waals surface area contributed by atoms with Crippen LogP contribution in [0.5, 0.6) is 0 Å². The Morgan fingerprint density at radius 2 is 1.45 bits per heavy atom. The Balaban J connectivity index is 2.71. The van der Waals surface area contributed by atoms with Crippen molar-refractivity contribution in [1.82, 2.24) is 0 Å². The number of halogens is 1. The van der Waals surface area contributed by atoms with Crippen LogP contribution >= 0.6 is 11.6 Å². The maximum atomic E-state index is 8.38. The van der Waals surface area contributed by atoms with Crippen LogP contribution in [0.4, 0.5) is 0 Å². The lowest BCUT2D eigenvalue weighted by molar-refractivity contribution is 0.0349. The van der Waals surface area contributed by atoms with Crippen molar-refractivity contribution in [2.75, 3.05) is 0 Å². The number of rotatable bonds is 0. The van der Waals surface area contributed by atoms with Gasteiger partial charge in [0.2, 0.25) is 0 Å². The first-order valence-electron chi connectivity index (χ1n) is 10.7. The molecule has 0 atom stereocenters. The molecule has 0 saturated heterocycles. The van der Waals surface area contributed by atoms with Gasteiger partial charge in [-0.25, -0.2) is 0 Å². The third-order valence-corrected chi connectivity index (χ3v) is 1.93. The Bertz CT molecular complexity index is 512. The van der Waals surface area contributed by atoms with Crippen molar-refractivity contribution in [3.05, 3.63) is 0 Å². The van der Waals surface area contributed by atoms with Crippen molar-refractivity contribution in [3.63, 3.8) is 0 Å². The smallest absolute Gasteiger partial charge is 0.0454 e. The SMILES string of the molecule is [2H]C1([2H])C2([2H])C([2H])([2H])C3([2H])C([2H])([2H])C1([2H])C([2H])([2H])C(Cl)(C2([2H])[2H])C3([2H])[2H]. The molecule has 0 spiro atoms. The standard InChI is InChI=1S/C10H15Cl/c11-10-4-7-1-8(5-10)3-9(2-7)6-10/h7-9H,1-6H2/i1D2,2D2,3D2,4D2,5D2,6D2,7D,8D,9D. The van der Waals surface area contributed by atoms with Gasteiger partial charge in [-0.3, -0.25) is 0 Å². The molecule has 0 heterocycles. The molecule has 1 heteroatoms. The van der Waals surface area contributed by atoms with Gasteiger partial charge in [0.15, 0.2) is 0 Å². The molecule has 4 rings (SSSR count). The summed E-state index contributed by atoms with van der Waals surface area (Å²) in [5.74, 6) is -11.2.